The van der Waals surface area contributed by atoms with Crippen LogP contribution >= 0.6 is 0 Å². The summed E-state index contributed by atoms with van der Waals surface area (Å²) in [6, 6.07) is 5.57. The van der Waals surface area contributed by atoms with Crippen molar-refractivity contribution in [1.82, 2.24) is 9.55 Å². The zero-order valence-corrected chi connectivity index (χ0v) is 18.1. The molecule has 2 aromatic rings. The van der Waals surface area contributed by atoms with Crippen LogP contribution < -0.4 is 0 Å². The summed E-state index contributed by atoms with van der Waals surface area (Å²) in [6.07, 6.45) is 5.73. The van der Waals surface area contributed by atoms with Gasteiger partial charge in [-0.25, -0.2) is 13.4 Å². The fourth-order valence-corrected chi connectivity index (χ4v) is 6.49. The maximum absolute atomic E-state index is 13.0. The molecule has 154 valence electrons. The Balaban J connectivity index is 1.75. The van der Waals surface area contributed by atoms with E-state index in [9.17, 15) is 8.42 Å². The summed E-state index contributed by atoms with van der Waals surface area (Å²) < 4.78 is 33.9. The SMILES string of the molecule is CC(C)(C)c1nc2cc(S(=O)(=O)C3CCCC3)ccc2n1CC1CCOCC1. The third-order valence-corrected chi connectivity index (χ3v) is 8.50. The molecule has 5 nitrogen and oxygen atoms in total. The summed E-state index contributed by atoms with van der Waals surface area (Å²) in [4.78, 5) is 5.35. The van der Waals surface area contributed by atoms with E-state index in [4.69, 9.17) is 9.72 Å². The Morgan fingerprint density at radius 1 is 1.11 bits per heavy atom. The molecular formula is C22H32N2O3S. The van der Waals surface area contributed by atoms with E-state index >= 15 is 0 Å². The molecule has 0 amide bonds. The lowest BCUT2D eigenvalue weighted by atomic mass is 9.94. The molecule has 2 heterocycles. The highest BCUT2D eigenvalue weighted by molar-refractivity contribution is 7.92. The summed E-state index contributed by atoms with van der Waals surface area (Å²) in [7, 11) is -3.26. The molecular weight excluding hydrogens is 372 g/mol. The first-order valence-corrected chi connectivity index (χ1v) is 12.1. The number of rotatable bonds is 4. The van der Waals surface area contributed by atoms with Gasteiger partial charge in [0.25, 0.3) is 0 Å². The van der Waals surface area contributed by atoms with Gasteiger partial charge in [-0.1, -0.05) is 33.6 Å². The minimum atomic E-state index is -3.26. The number of aromatic nitrogens is 2. The molecule has 0 radical (unpaired) electrons. The number of hydrogen-bond donors (Lipinski definition) is 0. The van der Waals surface area contributed by atoms with Crippen LogP contribution in [-0.4, -0.2) is 36.4 Å². The molecule has 2 aliphatic rings. The van der Waals surface area contributed by atoms with Crippen LogP contribution in [0.25, 0.3) is 11.0 Å². The Hall–Kier alpha value is -1.40. The van der Waals surface area contributed by atoms with Crippen molar-refractivity contribution < 1.29 is 13.2 Å². The number of nitrogens with zero attached hydrogens (tertiary/aromatic N) is 2. The van der Waals surface area contributed by atoms with Gasteiger partial charge in [0.15, 0.2) is 9.84 Å². The van der Waals surface area contributed by atoms with Gasteiger partial charge in [0.2, 0.25) is 0 Å². The fourth-order valence-electron chi connectivity index (χ4n) is 4.62. The van der Waals surface area contributed by atoms with E-state index in [1.165, 1.54) is 0 Å². The number of imidazole rings is 1. The summed E-state index contributed by atoms with van der Waals surface area (Å²) in [6.45, 7) is 9.08. The number of hydrogen-bond acceptors (Lipinski definition) is 4. The second kappa shape index (κ2) is 7.45. The van der Waals surface area contributed by atoms with E-state index in [2.05, 4.69) is 25.3 Å². The third-order valence-electron chi connectivity index (χ3n) is 6.24. The molecule has 0 atom stereocenters. The van der Waals surface area contributed by atoms with Crippen LogP contribution in [0.4, 0.5) is 0 Å². The lowest BCUT2D eigenvalue weighted by molar-refractivity contribution is 0.0611. The zero-order chi connectivity index (χ0) is 19.9. The van der Waals surface area contributed by atoms with Crippen molar-refractivity contribution >= 4 is 20.9 Å². The van der Waals surface area contributed by atoms with Crippen LogP contribution in [0.1, 0.15) is 65.1 Å². The average Bonchev–Trinajstić information content (AvgIpc) is 3.31. The molecule has 2 fully saturated rings. The van der Waals surface area contributed by atoms with Crippen molar-refractivity contribution in [2.75, 3.05) is 13.2 Å². The Kier molecular flexibility index (Phi) is 5.29. The highest BCUT2D eigenvalue weighted by Crippen LogP contribution is 2.33. The van der Waals surface area contributed by atoms with E-state index in [-0.39, 0.29) is 10.7 Å². The number of ether oxygens (including phenoxy) is 1. The Morgan fingerprint density at radius 2 is 1.79 bits per heavy atom. The first-order valence-electron chi connectivity index (χ1n) is 10.6. The molecule has 1 saturated heterocycles. The van der Waals surface area contributed by atoms with Gasteiger partial charge in [-0.15, -0.1) is 0 Å². The van der Waals surface area contributed by atoms with Gasteiger partial charge < -0.3 is 9.30 Å². The monoisotopic (exact) mass is 404 g/mol. The summed E-state index contributed by atoms with van der Waals surface area (Å²) in [5, 5.41) is -0.226. The maximum atomic E-state index is 13.0. The smallest absolute Gasteiger partial charge is 0.181 e. The van der Waals surface area contributed by atoms with Crippen molar-refractivity contribution in [3.8, 4) is 0 Å². The molecule has 6 heteroatoms. The van der Waals surface area contributed by atoms with Crippen molar-refractivity contribution in [3.05, 3.63) is 24.0 Å². The summed E-state index contributed by atoms with van der Waals surface area (Å²) in [5.41, 5.74) is 1.74. The Morgan fingerprint density at radius 3 is 2.43 bits per heavy atom. The third kappa shape index (κ3) is 3.73. The molecule has 1 aromatic carbocycles. The van der Waals surface area contributed by atoms with Gasteiger partial charge in [-0.05, 0) is 49.8 Å². The van der Waals surface area contributed by atoms with Crippen molar-refractivity contribution in [3.63, 3.8) is 0 Å². The van der Waals surface area contributed by atoms with Crippen LogP contribution in [0, 0.1) is 5.92 Å². The van der Waals surface area contributed by atoms with Crippen LogP contribution in [0.15, 0.2) is 23.1 Å². The van der Waals surface area contributed by atoms with Crippen molar-refractivity contribution in [2.24, 2.45) is 5.92 Å². The standard InChI is InChI=1S/C22H32N2O3S/c1-22(2,3)21-23-19-14-18(28(25,26)17-6-4-5-7-17)8-9-20(19)24(21)15-16-10-12-27-13-11-16/h8-9,14,16-17H,4-7,10-13,15H2,1-3H3. The molecule has 0 N–H and O–H groups in total. The maximum Gasteiger partial charge on any atom is 0.181 e. The molecule has 1 saturated carbocycles. The van der Waals surface area contributed by atoms with E-state index in [1.54, 1.807) is 12.1 Å². The summed E-state index contributed by atoms with van der Waals surface area (Å²) in [5.74, 6) is 1.61. The Bertz CT molecular complexity index is 944. The molecule has 0 bridgehead atoms. The lowest BCUT2D eigenvalue weighted by Gasteiger charge is -2.26. The second-order valence-corrected chi connectivity index (χ2v) is 11.7. The van der Waals surface area contributed by atoms with Gasteiger partial charge in [-0.2, -0.15) is 0 Å². The normalized spacial score (nSPS) is 20.2. The largest absolute Gasteiger partial charge is 0.381 e. The average molecular weight is 405 g/mol. The molecule has 1 aliphatic heterocycles. The molecule has 28 heavy (non-hydrogen) atoms. The van der Waals surface area contributed by atoms with Crippen molar-refractivity contribution in [1.29, 1.82) is 0 Å². The predicted molar refractivity (Wildman–Crippen MR) is 111 cm³/mol. The quantitative estimate of drug-likeness (QED) is 0.754. The van der Waals surface area contributed by atoms with Gasteiger partial charge in [0.05, 0.1) is 21.2 Å². The van der Waals surface area contributed by atoms with E-state index in [0.717, 1.165) is 75.1 Å². The molecule has 0 unspecified atom stereocenters. The molecule has 1 aromatic heterocycles. The van der Waals surface area contributed by atoms with Gasteiger partial charge in [0, 0.05) is 25.2 Å². The van der Waals surface area contributed by atoms with Crippen LogP contribution in [0.3, 0.4) is 0 Å². The minimum Gasteiger partial charge on any atom is -0.381 e. The van der Waals surface area contributed by atoms with Gasteiger partial charge >= 0.3 is 0 Å². The van der Waals surface area contributed by atoms with Crippen LogP contribution in [0.2, 0.25) is 0 Å². The highest BCUT2D eigenvalue weighted by atomic mass is 32.2. The zero-order valence-electron chi connectivity index (χ0n) is 17.3. The van der Waals surface area contributed by atoms with Crippen LogP contribution in [0.5, 0.6) is 0 Å². The highest BCUT2D eigenvalue weighted by Gasteiger charge is 2.31. The molecule has 0 spiro atoms. The second-order valence-electron chi connectivity index (χ2n) is 9.45. The fraction of sp³-hybridized carbons (Fsp3) is 0.682. The first kappa shape index (κ1) is 19.9. The summed E-state index contributed by atoms with van der Waals surface area (Å²) >= 11 is 0. The lowest BCUT2D eigenvalue weighted by Crippen LogP contribution is -2.25. The number of benzene rings is 1. The number of sulfone groups is 1. The van der Waals surface area contributed by atoms with E-state index in [0.29, 0.717) is 10.8 Å². The topological polar surface area (TPSA) is 61.2 Å². The Labute approximate surface area is 168 Å². The predicted octanol–water partition coefficient (Wildman–Crippen LogP) is 4.48. The molecule has 1 aliphatic carbocycles. The molecule has 4 rings (SSSR count). The van der Waals surface area contributed by atoms with Gasteiger partial charge in [0.1, 0.15) is 5.82 Å². The van der Waals surface area contributed by atoms with E-state index < -0.39 is 9.84 Å². The number of fused-ring (bicyclic) bond motifs is 1. The van der Waals surface area contributed by atoms with Gasteiger partial charge in [-0.3, -0.25) is 0 Å². The van der Waals surface area contributed by atoms with E-state index in [1.807, 2.05) is 6.07 Å². The first-order chi connectivity index (χ1) is 13.3. The van der Waals surface area contributed by atoms with Crippen LogP contribution in [-0.2, 0) is 26.5 Å². The van der Waals surface area contributed by atoms with Crippen molar-refractivity contribution in [2.45, 2.75) is 81.4 Å². The minimum absolute atomic E-state index is 0.103.